The maximum Gasteiger partial charge on any atom is 0.336 e. The van der Waals surface area contributed by atoms with Crippen LogP contribution < -0.4 is 5.63 Å². The van der Waals surface area contributed by atoms with Crippen molar-refractivity contribution in [2.45, 2.75) is 12.7 Å². The van der Waals surface area contributed by atoms with Crippen molar-refractivity contribution in [1.29, 1.82) is 0 Å². The molecule has 2 aromatic rings. The molecule has 0 radical (unpaired) electrons. The van der Waals surface area contributed by atoms with E-state index in [4.69, 9.17) is 9.52 Å². The van der Waals surface area contributed by atoms with Gasteiger partial charge in [-0.25, -0.2) is 4.79 Å². The van der Waals surface area contributed by atoms with E-state index in [1.807, 2.05) is 19.1 Å². The fraction of sp³-hybridized carbons (Fsp3) is 0.357. The first kappa shape index (κ1) is 14.6. The minimum atomic E-state index is -0.323. The van der Waals surface area contributed by atoms with Gasteiger partial charge in [-0.3, -0.25) is 0 Å². The van der Waals surface area contributed by atoms with Gasteiger partial charge in [-0.2, -0.15) is 11.8 Å². The number of rotatable bonds is 5. The Kier molecular flexibility index (Phi) is 5.07. The van der Waals surface area contributed by atoms with Crippen molar-refractivity contribution in [3.8, 4) is 0 Å². The van der Waals surface area contributed by atoms with Crippen LogP contribution in [0.5, 0.6) is 0 Å². The van der Waals surface area contributed by atoms with Crippen LogP contribution in [0.1, 0.15) is 12.5 Å². The highest BCUT2D eigenvalue weighted by atomic mass is 79.9. The number of benzene rings is 1. The molecule has 1 unspecified atom stereocenters. The second-order valence-corrected chi connectivity index (χ2v) is 6.48. The highest BCUT2D eigenvalue weighted by Crippen LogP contribution is 2.25. The van der Waals surface area contributed by atoms with Gasteiger partial charge in [-0.05, 0) is 35.4 Å². The molecule has 5 heteroatoms. The first-order valence-electron chi connectivity index (χ1n) is 6.01. The zero-order chi connectivity index (χ0) is 13.8. The maximum atomic E-state index is 11.5. The SMILES string of the molecule is CC(CO)CSCc1cc(=O)oc2cc(Br)ccc12. The van der Waals surface area contributed by atoms with E-state index in [1.165, 1.54) is 0 Å². The molecule has 0 saturated heterocycles. The quantitative estimate of drug-likeness (QED) is 0.846. The lowest BCUT2D eigenvalue weighted by Crippen LogP contribution is -2.04. The molecule has 0 aliphatic heterocycles. The van der Waals surface area contributed by atoms with Crippen LogP contribution in [0.25, 0.3) is 11.0 Å². The summed E-state index contributed by atoms with van der Waals surface area (Å²) in [5, 5.41) is 9.96. The Bertz CT molecular complexity index is 624. The molecule has 0 fully saturated rings. The molecule has 1 atom stereocenters. The molecular weight excluding hydrogens is 328 g/mol. The van der Waals surface area contributed by atoms with Gasteiger partial charge in [0, 0.05) is 28.3 Å². The van der Waals surface area contributed by atoms with E-state index >= 15 is 0 Å². The third kappa shape index (κ3) is 3.84. The Hall–Kier alpha value is -0.780. The van der Waals surface area contributed by atoms with Gasteiger partial charge in [0.15, 0.2) is 0 Å². The molecule has 102 valence electrons. The summed E-state index contributed by atoms with van der Waals surface area (Å²) in [7, 11) is 0. The molecule has 0 saturated carbocycles. The van der Waals surface area contributed by atoms with Gasteiger partial charge >= 0.3 is 5.63 Å². The van der Waals surface area contributed by atoms with Crippen molar-refractivity contribution in [2.24, 2.45) is 5.92 Å². The smallest absolute Gasteiger partial charge is 0.336 e. The number of thioether (sulfide) groups is 1. The Morgan fingerprint density at radius 3 is 2.95 bits per heavy atom. The molecule has 19 heavy (non-hydrogen) atoms. The van der Waals surface area contributed by atoms with Gasteiger partial charge < -0.3 is 9.52 Å². The Labute approximate surface area is 124 Å². The molecule has 0 aliphatic rings. The van der Waals surface area contributed by atoms with E-state index in [1.54, 1.807) is 23.9 Å². The van der Waals surface area contributed by atoms with E-state index < -0.39 is 0 Å². The Morgan fingerprint density at radius 1 is 1.42 bits per heavy atom. The van der Waals surface area contributed by atoms with Crippen LogP contribution in [0.2, 0.25) is 0 Å². The minimum Gasteiger partial charge on any atom is -0.423 e. The van der Waals surface area contributed by atoms with E-state index in [0.717, 1.165) is 26.9 Å². The molecule has 1 N–H and O–H groups in total. The molecule has 2 rings (SSSR count). The summed E-state index contributed by atoms with van der Waals surface area (Å²) in [5.74, 6) is 1.88. The Balaban J connectivity index is 2.24. The van der Waals surface area contributed by atoms with Gasteiger partial charge in [0.1, 0.15) is 5.58 Å². The van der Waals surface area contributed by atoms with Crippen LogP contribution in [0.15, 0.2) is 37.9 Å². The number of hydrogen-bond donors (Lipinski definition) is 1. The number of hydrogen-bond acceptors (Lipinski definition) is 4. The lowest BCUT2D eigenvalue weighted by molar-refractivity contribution is 0.250. The minimum absolute atomic E-state index is 0.192. The molecular formula is C14H15BrO3S. The van der Waals surface area contributed by atoms with E-state index in [0.29, 0.717) is 5.58 Å². The van der Waals surface area contributed by atoms with Gasteiger partial charge in [-0.1, -0.05) is 22.9 Å². The number of fused-ring (bicyclic) bond motifs is 1. The lowest BCUT2D eigenvalue weighted by atomic mass is 10.1. The van der Waals surface area contributed by atoms with E-state index in [2.05, 4.69) is 15.9 Å². The van der Waals surface area contributed by atoms with Gasteiger partial charge in [-0.15, -0.1) is 0 Å². The van der Waals surface area contributed by atoms with Gasteiger partial charge in [0.2, 0.25) is 0 Å². The van der Waals surface area contributed by atoms with Crippen LogP contribution in [0.3, 0.4) is 0 Å². The summed E-state index contributed by atoms with van der Waals surface area (Å²) >= 11 is 5.08. The fourth-order valence-corrected chi connectivity index (χ4v) is 3.17. The monoisotopic (exact) mass is 342 g/mol. The van der Waals surface area contributed by atoms with Crippen molar-refractivity contribution in [2.75, 3.05) is 12.4 Å². The number of aliphatic hydroxyl groups is 1. The summed E-state index contributed by atoms with van der Waals surface area (Å²) in [4.78, 5) is 11.5. The third-order valence-corrected chi connectivity index (χ3v) is 4.58. The second-order valence-electron chi connectivity index (χ2n) is 4.53. The van der Waals surface area contributed by atoms with E-state index in [-0.39, 0.29) is 18.2 Å². The molecule has 0 amide bonds. The molecule has 1 aromatic heterocycles. The van der Waals surface area contributed by atoms with Crippen molar-refractivity contribution >= 4 is 38.7 Å². The summed E-state index contributed by atoms with van der Waals surface area (Å²) in [6, 6.07) is 7.24. The molecule has 0 spiro atoms. The van der Waals surface area contributed by atoms with Crippen molar-refractivity contribution in [3.63, 3.8) is 0 Å². The highest BCUT2D eigenvalue weighted by molar-refractivity contribution is 9.10. The van der Waals surface area contributed by atoms with Crippen molar-refractivity contribution < 1.29 is 9.52 Å². The summed E-state index contributed by atoms with van der Waals surface area (Å²) < 4.78 is 6.09. The van der Waals surface area contributed by atoms with Crippen LogP contribution in [-0.2, 0) is 5.75 Å². The van der Waals surface area contributed by atoms with Gasteiger partial charge in [0.05, 0.1) is 0 Å². The standard InChI is InChI=1S/C14H15BrO3S/c1-9(6-16)7-19-8-10-4-14(17)18-13-5-11(15)2-3-12(10)13/h2-5,9,16H,6-8H2,1H3. The second kappa shape index (κ2) is 6.59. The normalized spacial score (nSPS) is 12.8. The predicted octanol–water partition coefficient (Wildman–Crippen LogP) is 3.42. The van der Waals surface area contributed by atoms with Gasteiger partial charge in [0.25, 0.3) is 0 Å². The molecule has 1 aromatic carbocycles. The average Bonchev–Trinajstić information content (AvgIpc) is 2.37. The maximum absolute atomic E-state index is 11.5. The Morgan fingerprint density at radius 2 is 2.21 bits per heavy atom. The van der Waals surface area contributed by atoms with Crippen LogP contribution in [0, 0.1) is 5.92 Å². The first-order chi connectivity index (χ1) is 9.10. The highest BCUT2D eigenvalue weighted by Gasteiger charge is 2.07. The van der Waals surface area contributed by atoms with E-state index in [9.17, 15) is 4.79 Å². The summed E-state index contributed by atoms with van der Waals surface area (Å²) in [6.45, 7) is 2.19. The topological polar surface area (TPSA) is 50.4 Å². The van der Waals surface area contributed by atoms with Crippen molar-refractivity contribution in [3.05, 3.63) is 44.7 Å². The fourth-order valence-electron chi connectivity index (χ4n) is 1.75. The molecule has 0 bridgehead atoms. The largest absolute Gasteiger partial charge is 0.423 e. The predicted molar refractivity (Wildman–Crippen MR) is 82.6 cm³/mol. The lowest BCUT2D eigenvalue weighted by Gasteiger charge is -2.08. The third-order valence-electron chi connectivity index (χ3n) is 2.76. The van der Waals surface area contributed by atoms with Crippen LogP contribution in [-0.4, -0.2) is 17.5 Å². The summed E-state index contributed by atoms with van der Waals surface area (Å²) in [5.41, 5.74) is 1.26. The van der Waals surface area contributed by atoms with Crippen molar-refractivity contribution in [1.82, 2.24) is 0 Å². The van der Waals surface area contributed by atoms with Crippen LogP contribution in [0.4, 0.5) is 0 Å². The molecule has 0 aliphatic carbocycles. The average molecular weight is 343 g/mol. The zero-order valence-electron chi connectivity index (χ0n) is 10.6. The van der Waals surface area contributed by atoms with Crippen LogP contribution >= 0.6 is 27.7 Å². The number of aliphatic hydroxyl groups excluding tert-OH is 1. The number of halogens is 1. The first-order valence-corrected chi connectivity index (χ1v) is 7.96. The zero-order valence-corrected chi connectivity index (χ0v) is 13.0. The summed E-state index contributed by atoms with van der Waals surface area (Å²) in [6.07, 6.45) is 0. The molecule has 1 heterocycles. The molecule has 3 nitrogen and oxygen atoms in total.